The SMILES string of the molecule is CC1CCCCN1C(=O)CN1C(=O)NC(Cc2c[nH]c3ccccc23)C1=O. The van der Waals surface area contributed by atoms with Crippen LogP contribution in [0.3, 0.4) is 0 Å². The second-order valence-corrected chi connectivity index (χ2v) is 7.42. The number of nitrogens with zero attached hydrogens (tertiary/aromatic N) is 2. The van der Waals surface area contributed by atoms with Gasteiger partial charge in [-0.25, -0.2) is 4.79 Å². The number of piperidine rings is 1. The molecule has 7 nitrogen and oxygen atoms in total. The Morgan fingerprint density at radius 3 is 2.85 bits per heavy atom. The second kappa shape index (κ2) is 7.06. The summed E-state index contributed by atoms with van der Waals surface area (Å²) in [5, 5.41) is 3.77. The number of amides is 4. The highest BCUT2D eigenvalue weighted by Gasteiger charge is 2.40. The zero-order valence-electron chi connectivity index (χ0n) is 15.4. The Hall–Kier alpha value is -2.83. The predicted octanol–water partition coefficient (Wildman–Crippen LogP) is 2.03. The van der Waals surface area contributed by atoms with Gasteiger partial charge in [0.1, 0.15) is 12.6 Å². The molecule has 4 rings (SSSR count). The molecule has 4 amide bonds. The van der Waals surface area contributed by atoms with E-state index >= 15 is 0 Å². The van der Waals surface area contributed by atoms with Gasteiger partial charge in [0, 0.05) is 36.1 Å². The fourth-order valence-electron chi connectivity index (χ4n) is 4.08. The van der Waals surface area contributed by atoms with E-state index in [9.17, 15) is 14.4 Å². The molecule has 0 spiro atoms. The average molecular weight is 368 g/mol. The lowest BCUT2D eigenvalue weighted by Crippen LogP contribution is -2.48. The summed E-state index contributed by atoms with van der Waals surface area (Å²) < 4.78 is 0. The van der Waals surface area contributed by atoms with Crippen LogP contribution in [0.5, 0.6) is 0 Å². The minimum absolute atomic E-state index is 0.154. The van der Waals surface area contributed by atoms with Gasteiger partial charge in [-0.05, 0) is 37.8 Å². The molecule has 1 aromatic heterocycles. The van der Waals surface area contributed by atoms with Crippen LogP contribution >= 0.6 is 0 Å². The smallest absolute Gasteiger partial charge is 0.325 e. The maximum absolute atomic E-state index is 12.7. The average Bonchev–Trinajstić information content (AvgIpc) is 3.19. The number of hydrogen-bond acceptors (Lipinski definition) is 3. The number of aromatic amines is 1. The van der Waals surface area contributed by atoms with Gasteiger partial charge in [-0.1, -0.05) is 18.2 Å². The molecule has 0 bridgehead atoms. The Labute approximate surface area is 157 Å². The van der Waals surface area contributed by atoms with E-state index in [1.165, 1.54) is 0 Å². The molecule has 2 atom stereocenters. The van der Waals surface area contributed by atoms with Crippen LogP contribution in [0, 0.1) is 0 Å². The fourth-order valence-corrected chi connectivity index (χ4v) is 4.08. The third kappa shape index (κ3) is 3.29. The van der Waals surface area contributed by atoms with Crippen LogP contribution in [0.4, 0.5) is 4.79 Å². The number of fused-ring (bicyclic) bond motifs is 1. The highest BCUT2D eigenvalue weighted by Crippen LogP contribution is 2.22. The lowest BCUT2D eigenvalue weighted by Gasteiger charge is -2.34. The summed E-state index contributed by atoms with van der Waals surface area (Å²) in [6.45, 7) is 2.53. The lowest BCUT2D eigenvalue weighted by atomic mass is 10.0. The van der Waals surface area contributed by atoms with Gasteiger partial charge in [-0.3, -0.25) is 14.5 Å². The highest BCUT2D eigenvalue weighted by atomic mass is 16.2. The summed E-state index contributed by atoms with van der Waals surface area (Å²) in [7, 11) is 0. The number of rotatable bonds is 4. The van der Waals surface area contributed by atoms with Crippen molar-refractivity contribution in [3.63, 3.8) is 0 Å². The minimum Gasteiger partial charge on any atom is -0.361 e. The molecule has 3 heterocycles. The first-order chi connectivity index (χ1) is 13.0. The normalized spacial score (nSPS) is 23.1. The zero-order chi connectivity index (χ0) is 19.0. The summed E-state index contributed by atoms with van der Waals surface area (Å²) in [4.78, 5) is 43.7. The molecule has 2 aromatic rings. The van der Waals surface area contributed by atoms with Gasteiger partial charge in [-0.15, -0.1) is 0 Å². The van der Waals surface area contributed by atoms with Gasteiger partial charge in [0.05, 0.1) is 0 Å². The Morgan fingerprint density at radius 2 is 2.04 bits per heavy atom. The number of H-pyrrole nitrogens is 1. The number of urea groups is 1. The summed E-state index contributed by atoms with van der Waals surface area (Å²) in [6.07, 6.45) is 5.32. The predicted molar refractivity (Wildman–Crippen MR) is 101 cm³/mol. The van der Waals surface area contributed by atoms with Gasteiger partial charge in [0.25, 0.3) is 5.91 Å². The topological polar surface area (TPSA) is 85.5 Å². The van der Waals surface area contributed by atoms with Gasteiger partial charge >= 0.3 is 6.03 Å². The molecular formula is C20H24N4O3. The minimum atomic E-state index is -0.636. The first kappa shape index (κ1) is 17.6. The molecule has 2 aliphatic heterocycles. The van der Waals surface area contributed by atoms with Gasteiger partial charge < -0.3 is 15.2 Å². The van der Waals surface area contributed by atoms with E-state index < -0.39 is 12.1 Å². The molecule has 0 saturated carbocycles. The molecule has 2 fully saturated rings. The largest absolute Gasteiger partial charge is 0.361 e. The van der Waals surface area contributed by atoms with Crippen LogP contribution in [0.1, 0.15) is 31.7 Å². The van der Waals surface area contributed by atoms with E-state index in [0.717, 1.165) is 40.6 Å². The maximum Gasteiger partial charge on any atom is 0.325 e. The van der Waals surface area contributed by atoms with Crippen LogP contribution in [0.2, 0.25) is 0 Å². The Balaban J connectivity index is 1.45. The Morgan fingerprint density at radius 1 is 1.22 bits per heavy atom. The first-order valence-electron chi connectivity index (χ1n) is 9.51. The number of nitrogens with one attached hydrogen (secondary N) is 2. The van der Waals surface area contributed by atoms with Crippen LogP contribution < -0.4 is 5.32 Å². The summed E-state index contributed by atoms with van der Waals surface area (Å²) >= 11 is 0. The van der Waals surface area contributed by atoms with E-state index in [0.29, 0.717) is 13.0 Å². The number of carbonyl (C=O) groups is 3. The summed E-state index contributed by atoms with van der Waals surface area (Å²) in [6, 6.07) is 6.89. The molecule has 2 N–H and O–H groups in total. The first-order valence-corrected chi connectivity index (χ1v) is 9.51. The number of likely N-dealkylation sites (tertiary alicyclic amines) is 1. The molecule has 0 radical (unpaired) electrons. The van der Waals surface area contributed by atoms with E-state index in [-0.39, 0.29) is 24.4 Å². The molecule has 0 aliphatic carbocycles. The molecule has 2 aliphatic rings. The number of carbonyl (C=O) groups excluding carboxylic acids is 3. The molecule has 2 saturated heterocycles. The maximum atomic E-state index is 12.7. The second-order valence-electron chi connectivity index (χ2n) is 7.42. The molecule has 27 heavy (non-hydrogen) atoms. The van der Waals surface area contributed by atoms with Gasteiger partial charge in [-0.2, -0.15) is 0 Å². The van der Waals surface area contributed by atoms with Crippen molar-refractivity contribution in [2.24, 2.45) is 0 Å². The van der Waals surface area contributed by atoms with Crippen molar-refractivity contribution < 1.29 is 14.4 Å². The number of benzene rings is 1. The number of para-hydroxylation sites is 1. The van der Waals surface area contributed by atoms with Crippen molar-refractivity contribution in [3.8, 4) is 0 Å². The Bertz CT molecular complexity index is 890. The number of imide groups is 1. The quantitative estimate of drug-likeness (QED) is 0.810. The molecular weight excluding hydrogens is 344 g/mol. The summed E-state index contributed by atoms with van der Waals surface area (Å²) in [5.41, 5.74) is 1.97. The van der Waals surface area contributed by atoms with Gasteiger partial charge in [0.15, 0.2) is 0 Å². The molecule has 142 valence electrons. The van der Waals surface area contributed by atoms with Crippen LogP contribution in [-0.4, -0.2) is 57.8 Å². The monoisotopic (exact) mass is 368 g/mol. The molecule has 2 unspecified atom stereocenters. The summed E-state index contributed by atoms with van der Waals surface area (Å²) in [5.74, 6) is -0.485. The van der Waals surface area contributed by atoms with Crippen molar-refractivity contribution in [2.45, 2.75) is 44.7 Å². The molecule has 7 heteroatoms. The third-order valence-corrected chi connectivity index (χ3v) is 5.62. The highest BCUT2D eigenvalue weighted by molar-refractivity contribution is 6.06. The van der Waals surface area contributed by atoms with Crippen LogP contribution in [0.15, 0.2) is 30.5 Å². The standard InChI is InChI=1S/C20H24N4O3/c1-13-6-4-5-9-23(13)18(25)12-24-19(26)17(22-20(24)27)10-14-11-21-16-8-3-2-7-15(14)16/h2-3,7-8,11,13,17,21H,4-6,9-10,12H2,1H3,(H,22,27). The van der Waals surface area contributed by atoms with Crippen LogP contribution in [-0.2, 0) is 16.0 Å². The third-order valence-electron chi connectivity index (χ3n) is 5.62. The van der Waals surface area contributed by atoms with E-state index in [1.807, 2.05) is 37.4 Å². The molecule has 1 aromatic carbocycles. The zero-order valence-corrected chi connectivity index (χ0v) is 15.4. The van der Waals surface area contributed by atoms with E-state index in [1.54, 1.807) is 4.90 Å². The lowest BCUT2D eigenvalue weighted by molar-refractivity contribution is -0.139. The van der Waals surface area contributed by atoms with Crippen molar-refractivity contribution in [1.29, 1.82) is 0 Å². The van der Waals surface area contributed by atoms with Crippen molar-refractivity contribution >= 4 is 28.7 Å². The number of aromatic nitrogens is 1. The Kier molecular flexibility index (Phi) is 4.59. The van der Waals surface area contributed by atoms with Gasteiger partial charge in [0.2, 0.25) is 5.91 Å². The fraction of sp³-hybridized carbons (Fsp3) is 0.450. The number of hydrogen-bond donors (Lipinski definition) is 2. The van der Waals surface area contributed by atoms with E-state index in [2.05, 4.69) is 10.3 Å². The van der Waals surface area contributed by atoms with E-state index in [4.69, 9.17) is 0 Å². The van der Waals surface area contributed by atoms with Crippen LogP contribution in [0.25, 0.3) is 10.9 Å². The van der Waals surface area contributed by atoms with Crippen molar-refractivity contribution in [2.75, 3.05) is 13.1 Å². The van der Waals surface area contributed by atoms with Crippen molar-refractivity contribution in [3.05, 3.63) is 36.0 Å². The van der Waals surface area contributed by atoms with Crippen molar-refractivity contribution in [1.82, 2.24) is 20.1 Å².